The minimum atomic E-state index is 0.547. The van der Waals surface area contributed by atoms with Crippen molar-refractivity contribution in [3.8, 4) is 11.3 Å². The van der Waals surface area contributed by atoms with E-state index >= 15 is 0 Å². The van der Waals surface area contributed by atoms with Gasteiger partial charge in [-0.1, -0.05) is 0 Å². The fourth-order valence-electron chi connectivity index (χ4n) is 3.39. The highest BCUT2D eigenvalue weighted by molar-refractivity contribution is 7.10. The molecular weight excluding hydrogens is 348 g/mol. The molecule has 0 spiro atoms. The van der Waals surface area contributed by atoms with E-state index in [0.29, 0.717) is 5.92 Å². The van der Waals surface area contributed by atoms with Crippen molar-refractivity contribution in [2.75, 3.05) is 18.4 Å². The highest BCUT2D eigenvalue weighted by Crippen LogP contribution is 2.31. The van der Waals surface area contributed by atoms with Gasteiger partial charge in [0.1, 0.15) is 5.00 Å². The van der Waals surface area contributed by atoms with E-state index in [1.165, 1.54) is 17.2 Å². The summed E-state index contributed by atoms with van der Waals surface area (Å²) in [6.07, 6.45) is 11.4. The van der Waals surface area contributed by atoms with Crippen LogP contribution in [0, 0.1) is 0 Å². The summed E-state index contributed by atoms with van der Waals surface area (Å²) in [5, 5.41) is 14.6. The lowest BCUT2D eigenvalue weighted by Crippen LogP contribution is -2.26. The quantitative estimate of drug-likeness (QED) is 0.514. The van der Waals surface area contributed by atoms with Gasteiger partial charge in [-0.15, -0.1) is 0 Å². The first-order chi connectivity index (χ1) is 12.9. The molecule has 1 aliphatic heterocycles. The Hall–Kier alpha value is -2.78. The van der Waals surface area contributed by atoms with Gasteiger partial charge >= 0.3 is 0 Å². The molecule has 0 radical (unpaired) electrons. The van der Waals surface area contributed by atoms with Gasteiger partial charge in [-0.25, -0.2) is 9.97 Å². The van der Waals surface area contributed by atoms with Gasteiger partial charge in [0.15, 0.2) is 11.5 Å². The Bertz CT molecular complexity index is 1010. The molecule has 4 aromatic rings. The molecule has 0 unspecified atom stereocenters. The van der Waals surface area contributed by atoms with E-state index in [1.54, 1.807) is 12.4 Å². The van der Waals surface area contributed by atoms with Gasteiger partial charge in [0, 0.05) is 30.1 Å². The lowest BCUT2D eigenvalue weighted by atomic mass is 9.95. The molecule has 5 heterocycles. The van der Waals surface area contributed by atoms with Gasteiger partial charge in [0.05, 0.1) is 23.8 Å². The first-order valence-electron chi connectivity index (χ1n) is 8.64. The van der Waals surface area contributed by atoms with E-state index in [1.807, 2.05) is 23.0 Å². The zero-order valence-corrected chi connectivity index (χ0v) is 14.8. The summed E-state index contributed by atoms with van der Waals surface area (Å²) in [6, 6.07) is 2.14. The van der Waals surface area contributed by atoms with Crippen molar-refractivity contribution in [1.82, 2.24) is 34.3 Å². The van der Waals surface area contributed by atoms with Crippen molar-refractivity contribution >= 4 is 28.0 Å². The summed E-state index contributed by atoms with van der Waals surface area (Å²) < 4.78 is 6.65. The van der Waals surface area contributed by atoms with Crippen LogP contribution < -0.4 is 10.6 Å². The second-order valence-corrected chi connectivity index (χ2v) is 7.17. The number of anilines is 2. The number of rotatable bonds is 4. The summed E-state index contributed by atoms with van der Waals surface area (Å²) in [5.41, 5.74) is 3.91. The van der Waals surface area contributed by atoms with E-state index < -0.39 is 0 Å². The number of hydrogen-bond acceptors (Lipinski definition) is 7. The minimum absolute atomic E-state index is 0.547. The summed E-state index contributed by atoms with van der Waals surface area (Å²) in [4.78, 5) is 9.01. The number of aromatic amines is 1. The number of hydrogen-bond donors (Lipinski definition) is 3. The van der Waals surface area contributed by atoms with Crippen molar-refractivity contribution in [3.63, 3.8) is 0 Å². The topological polar surface area (TPSA) is 95.8 Å². The number of piperidine rings is 1. The van der Waals surface area contributed by atoms with Gasteiger partial charge in [0.25, 0.3) is 0 Å². The van der Waals surface area contributed by atoms with Gasteiger partial charge in [-0.05, 0) is 43.5 Å². The Balaban J connectivity index is 1.44. The van der Waals surface area contributed by atoms with E-state index in [2.05, 4.69) is 41.2 Å². The fourth-order valence-corrected chi connectivity index (χ4v) is 4.11. The summed E-state index contributed by atoms with van der Waals surface area (Å²) >= 11 is 1.48. The normalized spacial score (nSPS) is 15.5. The van der Waals surface area contributed by atoms with E-state index in [4.69, 9.17) is 0 Å². The standard InChI is InChI=1S/C17H18N8S/c1-3-18-4-2-11(1)13-7-15(26-24-13)23-16-17-20-10-14(12-8-21-22-9-12)25(17)6-5-19-16/h5-11,18H,1-4H2,(H,19,23)(H,21,22). The first-order valence-corrected chi connectivity index (χ1v) is 9.41. The van der Waals surface area contributed by atoms with E-state index in [0.717, 1.165) is 53.7 Å². The van der Waals surface area contributed by atoms with Crippen LogP contribution in [0.2, 0.25) is 0 Å². The molecular formula is C17H18N8S. The largest absolute Gasteiger partial charge is 0.328 e. The molecule has 0 saturated carbocycles. The van der Waals surface area contributed by atoms with Crippen LogP contribution in [0.5, 0.6) is 0 Å². The highest BCUT2D eigenvalue weighted by atomic mass is 32.1. The van der Waals surface area contributed by atoms with Crippen LogP contribution in [-0.2, 0) is 0 Å². The molecule has 1 aliphatic rings. The number of nitrogens with one attached hydrogen (secondary N) is 3. The lowest BCUT2D eigenvalue weighted by Gasteiger charge is -2.20. The average molecular weight is 366 g/mol. The second-order valence-electron chi connectivity index (χ2n) is 6.37. The average Bonchev–Trinajstić information content (AvgIpc) is 3.43. The van der Waals surface area contributed by atoms with Crippen molar-refractivity contribution < 1.29 is 0 Å². The van der Waals surface area contributed by atoms with Crippen molar-refractivity contribution in [1.29, 1.82) is 0 Å². The molecule has 0 bridgehead atoms. The minimum Gasteiger partial charge on any atom is -0.328 e. The molecule has 0 atom stereocenters. The Labute approximate surface area is 153 Å². The third kappa shape index (κ3) is 2.74. The number of imidazole rings is 1. The van der Waals surface area contributed by atoms with Crippen molar-refractivity contribution in [2.45, 2.75) is 18.8 Å². The van der Waals surface area contributed by atoms with E-state index in [-0.39, 0.29) is 0 Å². The predicted octanol–water partition coefficient (Wildman–Crippen LogP) is 2.79. The third-order valence-electron chi connectivity index (χ3n) is 4.75. The Kier molecular flexibility index (Phi) is 3.87. The molecule has 3 N–H and O–H groups in total. The second kappa shape index (κ2) is 6.50. The monoisotopic (exact) mass is 366 g/mol. The molecule has 0 aromatic carbocycles. The highest BCUT2D eigenvalue weighted by Gasteiger charge is 2.19. The van der Waals surface area contributed by atoms with Crippen molar-refractivity contribution in [3.05, 3.63) is 42.7 Å². The fraction of sp³-hybridized carbons (Fsp3) is 0.294. The third-order valence-corrected chi connectivity index (χ3v) is 5.47. The van der Waals surface area contributed by atoms with Crippen LogP contribution in [0.4, 0.5) is 10.8 Å². The smallest absolute Gasteiger partial charge is 0.180 e. The molecule has 4 aromatic heterocycles. The Morgan fingerprint density at radius 3 is 2.96 bits per heavy atom. The van der Waals surface area contributed by atoms with Crippen LogP contribution in [0.15, 0.2) is 37.1 Å². The number of fused-ring (bicyclic) bond motifs is 1. The predicted molar refractivity (Wildman–Crippen MR) is 101 cm³/mol. The molecule has 0 aliphatic carbocycles. The van der Waals surface area contributed by atoms with Crippen molar-refractivity contribution in [2.24, 2.45) is 0 Å². The van der Waals surface area contributed by atoms with Crippen LogP contribution in [0.25, 0.3) is 16.9 Å². The van der Waals surface area contributed by atoms with Gasteiger partial charge < -0.3 is 10.6 Å². The molecule has 0 amide bonds. The van der Waals surface area contributed by atoms with Crippen LogP contribution in [0.1, 0.15) is 24.5 Å². The Morgan fingerprint density at radius 1 is 1.19 bits per heavy atom. The maximum Gasteiger partial charge on any atom is 0.180 e. The molecule has 9 heteroatoms. The molecule has 1 fully saturated rings. The van der Waals surface area contributed by atoms with Gasteiger partial charge in [-0.2, -0.15) is 9.47 Å². The van der Waals surface area contributed by atoms with Gasteiger partial charge in [-0.3, -0.25) is 9.50 Å². The lowest BCUT2D eigenvalue weighted by molar-refractivity contribution is 0.455. The molecule has 8 nitrogen and oxygen atoms in total. The molecule has 132 valence electrons. The van der Waals surface area contributed by atoms with Crippen LogP contribution in [0.3, 0.4) is 0 Å². The summed E-state index contributed by atoms with van der Waals surface area (Å²) in [5.74, 6) is 1.27. The molecule has 26 heavy (non-hydrogen) atoms. The number of H-pyrrole nitrogens is 1. The maximum absolute atomic E-state index is 4.65. The van der Waals surface area contributed by atoms with E-state index in [9.17, 15) is 0 Å². The molecule has 1 saturated heterocycles. The number of nitrogens with zero attached hydrogens (tertiary/aromatic N) is 5. The summed E-state index contributed by atoms with van der Waals surface area (Å²) in [6.45, 7) is 2.13. The zero-order valence-electron chi connectivity index (χ0n) is 14.0. The SMILES string of the molecule is c1cn2c(-c3cn[nH]c3)cnc2c(Nc2cc(C3CCNCC3)ns2)n1. The number of aromatic nitrogens is 6. The van der Waals surface area contributed by atoms with Crippen LogP contribution in [-0.4, -0.2) is 42.0 Å². The first kappa shape index (κ1) is 15.5. The summed E-state index contributed by atoms with van der Waals surface area (Å²) in [7, 11) is 0. The zero-order chi connectivity index (χ0) is 17.3. The Morgan fingerprint density at radius 2 is 2.12 bits per heavy atom. The molecule has 5 rings (SSSR count). The van der Waals surface area contributed by atoms with Crippen LogP contribution >= 0.6 is 11.5 Å². The maximum atomic E-state index is 4.65. The van der Waals surface area contributed by atoms with Gasteiger partial charge in [0.2, 0.25) is 0 Å².